The van der Waals surface area contributed by atoms with E-state index in [-0.39, 0.29) is 5.82 Å². The summed E-state index contributed by atoms with van der Waals surface area (Å²) < 4.78 is 14.2. The lowest BCUT2D eigenvalue weighted by atomic mass is 10.0. The third-order valence-electron chi connectivity index (χ3n) is 4.31. The quantitative estimate of drug-likeness (QED) is 0.794. The minimum atomic E-state index is -0.111. The Kier molecular flexibility index (Phi) is 3.30. The van der Waals surface area contributed by atoms with Gasteiger partial charge in [-0.15, -0.1) is 11.3 Å². The van der Waals surface area contributed by atoms with Crippen molar-refractivity contribution in [2.24, 2.45) is 5.92 Å². The zero-order valence-electron chi connectivity index (χ0n) is 11.9. The molecule has 0 radical (unpaired) electrons. The summed E-state index contributed by atoms with van der Waals surface area (Å²) in [5.41, 5.74) is 3.25. The van der Waals surface area contributed by atoms with Gasteiger partial charge in [0.15, 0.2) is 0 Å². The SMILES string of the molecule is Fc1ccccc1/C(=C\C1CC1)N1CCc2sccc2C1. The lowest BCUT2D eigenvalue weighted by Crippen LogP contribution is -2.28. The number of fused-ring (bicyclic) bond motifs is 1. The normalized spacial score (nSPS) is 18.7. The van der Waals surface area contributed by atoms with Crippen LogP contribution in [0.15, 0.2) is 41.8 Å². The molecule has 1 aliphatic carbocycles. The van der Waals surface area contributed by atoms with Crippen LogP contribution in [0.2, 0.25) is 0 Å². The lowest BCUT2D eigenvalue weighted by Gasteiger charge is -2.31. The maximum absolute atomic E-state index is 14.2. The van der Waals surface area contributed by atoms with Crippen LogP contribution in [0.5, 0.6) is 0 Å². The highest BCUT2D eigenvalue weighted by molar-refractivity contribution is 7.10. The van der Waals surface area contributed by atoms with Crippen LogP contribution in [0.25, 0.3) is 5.70 Å². The van der Waals surface area contributed by atoms with Gasteiger partial charge in [0.25, 0.3) is 0 Å². The molecule has 21 heavy (non-hydrogen) atoms. The molecule has 2 aromatic rings. The van der Waals surface area contributed by atoms with Gasteiger partial charge in [0.05, 0.1) is 0 Å². The molecule has 0 amide bonds. The Bertz CT molecular complexity index is 684. The number of hydrogen-bond acceptors (Lipinski definition) is 2. The number of allylic oxidation sites excluding steroid dienone is 1. The van der Waals surface area contributed by atoms with Crippen molar-refractivity contribution < 1.29 is 4.39 Å². The summed E-state index contributed by atoms with van der Waals surface area (Å²) in [5.74, 6) is 0.531. The van der Waals surface area contributed by atoms with Gasteiger partial charge >= 0.3 is 0 Å². The molecule has 0 bridgehead atoms. The Morgan fingerprint density at radius 1 is 1.24 bits per heavy atom. The molecule has 1 fully saturated rings. The first kappa shape index (κ1) is 13.1. The van der Waals surface area contributed by atoms with Crippen molar-refractivity contribution in [2.45, 2.75) is 25.8 Å². The third-order valence-corrected chi connectivity index (χ3v) is 5.34. The monoisotopic (exact) mass is 299 g/mol. The van der Waals surface area contributed by atoms with Crippen LogP contribution in [-0.2, 0) is 13.0 Å². The molecular formula is C18H18FNS. The molecule has 0 unspecified atom stereocenters. The second-order valence-electron chi connectivity index (χ2n) is 5.91. The van der Waals surface area contributed by atoms with Crippen LogP contribution in [0.1, 0.15) is 28.8 Å². The van der Waals surface area contributed by atoms with Crippen molar-refractivity contribution in [1.29, 1.82) is 0 Å². The van der Waals surface area contributed by atoms with Gasteiger partial charge in [-0.3, -0.25) is 0 Å². The topological polar surface area (TPSA) is 3.24 Å². The molecule has 0 N–H and O–H groups in total. The Labute approximate surface area is 128 Å². The number of benzene rings is 1. The molecule has 0 spiro atoms. The molecule has 1 saturated carbocycles. The van der Waals surface area contributed by atoms with E-state index < -0.39 is 0 Å². The van der Waals surface area contributed by atoms with Crippen molar-refractivity contribution in [3.63, 3.8) is 0 Å². The van der Waals surface area contributed by atoms with Gasteiger partial charge < -0.3 is 4.90 Å². The summed E-state index contributed by atoms with van der Waals surface area (Å²) in [5, 5.41) is 2.17. The van der Waals surface area contributed by atoms with Crippen LogP contribution in [0.4, 0.5) is 4.39 Å². The van der Waals surface area contributed by atoms with Crippen LogP contribution in [0, 0.1) is 11.7 Å². The summed E-state index contributed by atoms with van der Waals surface area (Å²) in [6.07, 6.45) is 5.85. The second kappa shape index (κ2) is 5.30. The Morgan fingerprint density at radius 3 is 2.90 bits per heavy atom. The Morgan fingerprint density at radius 2 is 2.10 bits per heavy atom. The minimum Gasteiger partial charge on any atom is -0.366 e. The number of thiophene rings is 1. The van der Waals surface area contributed by atoms with Crippen LogP contribution in [0.3, 0.4) is 0 Å². The molecule has 2 aliphatic rings. The Balaban J connectivity index is 1.70. The molecule has 1 nitrogen and oxygen atoms in total. The van der Waals surface area contributed by atoms with E-state index in [1.54, 1.807) is 12.1 Å². The highest BCUT2D eigenvalue weighted by Gasteiger charge is 2.25. The second-order valence-corrected chi connectivity index (χ2v) is 6.91. The lowest BCUT2D eigenvalue weighted by molar-refractivity contribution is 0.373. The summed E-state index contributed by atoms with van der Waals surface area (Å²) in [6.45, 7) is 1.89. The van der Waals surface area contributed by atoms with E-state index in [9.17, 15) is 4.39 Å². The van der Waals surface area contributed by atoms with E-state index in [1.807, 2.05) is 23.5 Å². The first-order chi connectivity index (χ1) is 10.3. The fourth-order valence-corrected chi connectivity index (χ4v) is 3.86. The number of halogens is 1. The van der Waals surface area contributed by atoms with Gasteiger partial charge in [-0.05, 0) is 54.3 Å². The van der Waals surface area contributed by atoms with E-state index in [1.165, 1.54) is 23.3 Å². The van der Waals surface area contributed by atoms with Gasteiger partial charge in [-0.2, -0.15) is 0 Å². The number of hydrogen-bond donors (Lipinski definition) is 0. The van der Waals surface area contributed by atoms with Gasteiger partial charge in [-0.1, -0.05) is 18.2 Å². The van der Waals surface area contributed by atoms with E-state index in [0.717, 1.165) is 30.8 Å². The minimum absolute atomic E-state index is 0.111. The molecular weight excluding hydrogens is 281 g/mol. The van der Waals surface area contributed by atoms with Gasteiger partial charge in [0, 0.05) is 29.2 Å². The predicted octanol–water partition coefficient (Wildman–Crippen LogP) is 4.70. The highest BCUT2D eigenvalue weighted by Crippen LogP contribution is 2.37. The van der Waals surface area contributed by atoms with E-state index in [0.29, 0.717) is 5.92 Å². The third kappa shape index (κ3) is 2.62. The largest absolute Gasteiger partial charge is 0.366 e. The van der Waals surface area contributed by atoms with Crippen molar-refractivity contribution in [1.82, 2.24) is 4.90 Å². The highest BCUT2D eigenvalue weighted by atomic mass is 32.1. The molecule has 108 valence electrons. The van der Waals surface area contributed by atoms with Crippen molar-refractivity contribution in [3.05, 3.63) is 63.6 Å². The van der Waals surface area contributed by atoms with Gasteiger partial charge in [0.2, 0.25) is 0 Å². The van der Waals surface area contributed by atoms with E-state index in [2.05, 4.69) is 22.4 Å². The fourth-order valence-electron chi connectivity index (χ4n) is 2.97. The molecule has 0 saturated heterocycles. The maximum atomic E-state index is 14.2. The first-order valence-corrected chi connectivity index (χ1v) is 8.46. The smallest absolute Gasteiger partial charge is 0.132 e. The van der Waals surface area contributed by atoms with E-state index >= 15 is 0 Å². The van der Waals surface area contributed by atoms with Gasteiger partial charge in [-0.25, -0.2) is 4.39 Å². The summed E-state index contributed by atoms with van der Waals surface area (Å²) >= 11 is 1.84. The molecule has 4 rings (SSSR count). The molecule has 1 aromatic heterocycles. The number of rotatable bonds is 3. The van der Waals surface area contributed by atoms with Crippen molar-refractivity contribution in [3.8, 4) is 0 Å². The summed E-state index contributed by atoms with van der Waals surface area (Å²) in [4.78, 5) is 3.84. The molecule has 2 heterocycles. The van der Waals surface area contributed by atoms with E-state index in [4.69, 9.17) is 0 Å². The van der Waals surface area contributed by atoms with Crippen molar-refractivity contribution in [2.75, 3.05) is 6.54 Å². The molecule has 0 atom stereocenters. The molecule has 1 aliphatic heterocycles. The van der Waals surface area contributed by atoms with Crippen LogP contribution >= 0.6 is 11.3 Å². The maximum Gasteiger partial charge on any atom is 0.132 e. The average Bonchev–Trinajstić information content (AvgIpc) is 3.20. The Hall–Kier alpha value is -1.61. The first-order valence-electron chi connectivity index (χ1n) is 7.58. The van der Waals surface area contributed by atoms with Crippen LogP contribution in [-0.4, -0.2) is 11.4 Å². The fraction of sp³-hybridized carbons (Fsp3) is 0.333. The molecule has 1 aromatic carbocycles. The summed E-state index contributed by atoms with van der Waals surface area (Å²) in [7, 11) is 0. The van der Waals surface area contributed by atoms with Crippen LogP contribution < -0.4 is 0 Å². The predicted molar refractivity (Wildman–Crippen MR) is 85.5 cm³/mol. The number of nitrogens with zero attached hydrogens (tertiary/aromatic N) is 1. The zero-order valence-corrected chi connectivity index (χ0v) is 12.7. The standard InChI is InChI=1S/C18H18FNS/c19-16-4-2-1-3-15(16)17(11-13-5-6-13)20-9-7-18-14(12-20)8-10-21-18/h1-4,8,10-11,13H,5-7,9,12H2/b17-11+. The van der Waals surface area contributed by atoms with Gasteiger partial charge in [0.1, 0.15) is 5.82 Å². The van der Waals surface area contributed by atoms with Crippen molar-refractivity contribution >= 4 is 17.0 Å². The average molecular weight is 299 g/mol. The zero-order chi connectivity index (χ0) is 14.2. The summed E-state index contributed by atoms with van der Waals surface area (Å²) in [6, 6.07) is 9.38. The molecule has 3 heteroatoms.